The van der Waals surface area contributed by atoms with Gasteiger partial charge in [-0.15, -0.1) is 0 Å². The highest BCUT2D eigenvalue weighted by atomic mass is 79.9. The number of hydrogen-bond donors (Lipinski definition) is 1. The number of carbonyl (C=O) groups is 1. The number of ether oxygens (including phenoxy) is 1. The molecule has 1 heterocycles. The normalized spacial score (nSPS) is 15.4. The molecule has 0 aliphatic carbocycles. The molecule has 1 saturated heterocycles. The number of benzene rings is 2. The summed E-state index contributed by atoms with van der Waals surface area (Å²) in [5.74, 6) is -0.198. The lowest BCUT2D eigenvalue weighted by Crippen LogP contribution is -2.30. The van der Waals surface area contributed by atoms with Crippen LogP contribution in [0.2, 0.25) is 0 Å². The maximum absolute atomic E-state index is 13.1. The smallest absolute Gasteiger partial charge is 0.265 e. The molecule has 1 fully saturated rings. The van der Waals surface area contributed by atoms with Gasteiger partial charge in [0.1, 0.15) is 11.6 Å². The zero-order valence-electron chi connectivity index (χ0n) is 14.7. The minimum absolute atomic E-state index is 0.257. The van der Waals surface area contributed by atoms with Gasteiger partial charge in [-0.25, -0.2) is 4.39 Å². The van der Waals surface area contributed by atoms with E-state index >= 15 is 0 Å². The molecular weight excluding hydrogens is 399 g/mol. The molecule has 1 aliphatic rings. The Morgan fingerprint density at radius 2 is 1.85 bits per heavy atom. The summed E-state index contributed by atoms with van der Waals surface area (Å²) in [6.07, 6.45) is 3.05. The van der Waals surface area contributed by atoms with E-state index in [-0.39, 0.29) is 11.7 Å². The van der Waals surface area contributed by atoms with E-state index in [0.717, 1.165) is 18.8 Å². The van der Waals surface area contributed by atoms with Gasteiger partial charge in [-0.3, -0.25) is 4.79 Å². The van der Waals surface area contributed by atoms with Crippen molar-refractivity contribution in [1.29, 1.82) is 0 Å². The van der Waals surface area contributed by atoms with Gasteiger partial charge in [0.2, 0.25) is 0 Å². The monoisotopic (exact) mass is 420 g/mol. The molecule has 3 rings (SSSR count). The van der Waals surface area contributed by atoms with Crippen molar-refractivity contribution in [3.05, 3.63) is 52.8 Å². The number of piperidine rings is 1. The first-order valence-corrected chi connectivity index (χ1v) is 9.60. The SMILES string of the molecule is CC(Oc1ccc(F)cc1Br)C(=O)Nc1ccc(N2CCCCC2)cc1. The molecule has 1 amide bonds. The average Bonchev–Trinajstić information content (AvgIpc) is 2.65. The van der Waals surface area contributed by atoms with Crippen LogP contribution in [0.3, 0.4) is 0 Å². The Morgan fingerprint density at radius 1 is 1.15 bits per heavy atom. The summed E-state index contributed by atoms with van der Waals surface area (Å²) in [7, 11) is 0. The number of rotatable bonds is 5. The Bertz CT molecular complexity index is 761. The maximum Gasteiger partial charge on any atom is 0.265 e. The molecule has 2 aromatic carbocycles. The lowest BCUT2D eigenvalue weighted by molar-refractivity contribution is -0.122. The first kappa shape index (κ1) is 18.7. The first-order valence-electron chi connectivity index (χ1n) is 8.80. The van der Waals surface area contributed by atoms with Crippen molar-refractivity contribution in [3.63, 3.8) is 0 Å². The Balaban J connectivity index is 1.58. The number of nitrogens with one attached hydrogen (secondary N) is 1. The molecule has 0 saturated carbocycles. The van der Waals surface area contributed by atoms with Gasteiger partial charge in [-0.05, 0) is 84.6 Å². The van der Waals surface area contributed by atoms with Crippen molar-refractivity contribution in [1.82, 2.24) is 0 Å². The fourth-order valence-electron chi connectivity index (χ4n) is 2.97. The Labute approximate surface area is 161 Å². The standard InChI is InChI=1S/C20H22BrFN2O2/c1-14(26-19-10-5-15(22)13-18(19)21)20(25)23-16-6-8-17(9-7-16)24-11-3-2-4-12-24/h5-10,13-14H,2-4,11-12H2,1H3,(H,23,25). The minimum atomic E-state index is -0.710. The molecule has 0 radical (unpaired) electrons. The lowest BCUT2D eigenvalue weighted by Gasteiger charge is -2.28. The third-order valence-electron chi connectivity index (χ3n) is 4.42. The summed E-state index contributed by atoms with van der Waals surface area (Å²) in [4.78, 5) is 14.7. The van der Waals surface area contributed by atoms with Crippen LogP contribution < -0.4 is 15.0 Å². The number of nitrogens with zero attached hydrogens (tertiary/aromatic N) is 1. The van der Waals surface area contributed by atoms with E-state index in [0.29, 0.717) is 10.2 Å². The average molecular weight is 421 g/mol. The molecule has 2 aromatic rings. The van der Waals surface area contributed by atoms with Gasteiger partial charge < -0.3 is 15.0 Å². The number of hydrogen-bond acceptors (Lipinski definition) is 3. The molecule has 4 nitrogen and oxygen atoms in total. The second-order valence-electron chi connectivity index (χ2n) is 6.42. The molecule has 0 spiro atoms. The molecule has 1 N–H and O–H groups in total. The summed E-state index contributed by atoms with van der Waals surface area (Å²) in [5.41, 5.74) is 1.91. The quantitative estimate of drug-likeness (QED) is 0.740. The first-order chi connectivity index (χ1) is 12.5. The topological polar surface area (TPSA) is 41.6 Å². The van der Waals surface area contributed by atoms with Crippen molar-refractivity contribution in [2.45, 2.75) is 32.3 Å². The Morgan fingerprint density at radius 3 is 2.50 bits per heavy atom. The van der Waals surface area contributed by atoms with Gasteiger partial charge in [0.25, 0.3) is 5.91 Å². The van der Waals surface area contributed by atoms with Crippen LogP contribution in [0.4, 0.5) is 15.8 Å². The van der Waals surface area contributed by atoms with Crippen LogP contribution in [0.25, 0.3) is 0 Å². The molecule has 138 valence electrons. The van der Waals surface area contributed by atoms with E-state index in [1.807, 2.05) is 24.3 Å². The van der Waals surface area contributed by atoms with Crippen LogP contribution in [-0.4, -0.2) is 25.1 Å². The van der Waals surface area contributed by atoms with Crippen LogP contribution >= 0.6 is 15.9 Å². The van der Waals surface area contributed by atoms with E-state index < -0.39 is 6.10 Å². The van der Waals surface area contributed by atoms with Gasteiger partial charge in [-0.1, -0.05) is 0 Å². The van der Waals surface area contributed by atoms with Gasteiger partial charge in [0.15, 0.2) is 6.10 Å². The Hall–Kier alpha value is -2.08. The largest absolute Gasteiger partial charge is 0.480 e. The molecule has 1 atom stereocenters. The van der Waals surface area contributed by atoms with E-state index in [1.165, 1.54) is 43.1 Å². The number of halogens is 2. The van der Waals surface area contributed by atoms with Crippen LogP contribution in [0.15, 0.2) is 46.9 Å². The van der Waals surface area contributed by atoms with E-state index in [4.69, 9.17) is 4.74 Å². The fraction of sp³-hybridized carbons (Fsp3) is 0.350. The summed E-state index contributed by atoms with van der Waals surface area (Å²) >= 11 is 3.24. The fourth-order valence-corrected chi connectivity index (χ4v) is 3.41. The molecule has 6 heteroatoms. The van der Waals surface area contributed by atoms with Gasteiger partial charge in [0, 0.05) is 24.5 Å². The van der Waals surface area contributed by atoms with Crippen LogP contribution in [-0.2, 0) is 4.79 Å². The van der Waals surface area contributed by atoms with Crippen LogP contribution in [0.1, 0.15) is 26.2 Å². The van der Waals surface area contributed by atoms with Crippen molar-refractivity contribution >= 4 is 33.2 Å². The van der Waals surface area contributed by atoms with Gasteiger partial charge in [-0.2, -0.15) is 0 Å². The third kappa shape index (κ3) is 4.75. The summed E-state index contributed by atoms with van der Waals surface area (Å²) in [6.45, 7) is 3.83. The molecule has 1 aliphatic heterocycles. The zero-order chi connectivity index (χ0) is 18.5. The van der Waals surface area contributed by atoms with E-state index in [1.54, 1.807) is 6.92 Å². The van der Waals surface area contributed by atoms with Gasteiger partial charge in [0.05, 0.1) is 4.47 Å². The number of amides is 1. The minimum Gasteiger partial charge on any atom is -0.480 e. The molecular formula is C20H22BrFN2O2. The third-order valence-corrected chi connectivity index (χ3v) is 5.04. The predicted molar refractivity (Wildman–Crippen MR) is 105 cm³/mol. The molecule has 0 bridgehead atoms. The van der Waals surface area contributed by atoms with Crippen molar-refractivity contribution in [3.8, 4) is 5.75 Å². The number of anilines is 2. The predicted octanol–water partition coefficient (Wildman–Crippen LogP) is 4.98. The second kappa shape index (κ2) is 8.54. The zero-order valence-corrected chi connectivity index (χ0v) is 16.3. The summed E-state index contributed by atoms with van der Waals surface area (Å²) in [6, 6.07) is 12.0. The van der Waals surface area contributed by atoms with Crippen molar-refractivity contribution in [2.24, 2.45) is 0 Å². The molecule has 1 unspecified atom stereocenters. The van der Waals surface area contributed by atoms with E-state index in [2.05, 4.69) is 26.1 Å². The van der Waals surface area contributed by atoms with Crippen LogP contribution in [0.5, 0.6) is 5.75 Å². The highest BCUT2D eigenvalue weighted by Gasteiger charge is 2.17. The molecule has 0 aromatic heterocycles. The summed E-state index contributed by atoms with van der Waals surface area (Å²) in [5, 5.41) is 2.85. The highest BCUT2D eigenvalue weighted by Crippen LogP contribution is 2.27. The number of carbonyl (C=O) groups excluding carboxylic acids is 1. The Kier molecular flexibility index (Phi) is 6.14. The van der Waals surface area contributed by atoms with E-state index in [9.17, 15) is 9.18 Å². The van der Waals surface area contributed by atoms with Crippen molar-refractivity contribution < 1.29 is 13.9 Å². The van der Waals surface area contributed by atoms with Crippen molar-refractivity contribution in [2.75, 3.05) is 23.3 Å². The highest BCUT2D eigenvalue weighted by molar-refractivity contribution is 9.10. The second-order valence-corrected chi connectivity index (χ2v) is 7.27. The summed E-state index contributed by atoms with van der Waals surface area (Å²) < 4.78 is 19.2. The van der Waals surface area contributed by atoms with Crippen LogP contribution in [0, 0.1) is 5.82 Å². The maximum atomic E-state index is 13.1. The lowest BCUT2D eigenvalue weighted by atomic mass is 10.1. The van der Waals surface area contributed by atoms with Gasteiger partial charge >= 0.3 is 0 Å². The molecule has 26 heavy (non-hydrogen) atoms.